The predicted octanol–water partition coefficient (Wildman–Crippen LogP) is 0.659. The highest BCUT2D eigenvalue weighted by Gasteiger charge is 2.14. The van der Waals surface area contributed by atoms with Crippen LogP contribution in [0.4, 0.5) is 5.69 Å². The van der Waals surface area contributed by atoms with Crippen LogP contribution in [0.3, 0.4) is 0 Å². The summed E-state index contributed by atoms with van der Waals surface area (Å²) < 4.78 is 29.6. The minimum absolute atomic E-state index is 0.0275. The van der Waals surface area contributed by atoms with Crippen LogP contribution in [-0.4, -0.2) is 32.4 Å². The molecule has 0 aliphatic heterocycles. The number of methoxy groups -OCH3 is 1. The van der Waals surface area contributed by atoms with E-state index in [2.05, 4.69) is 4.72 Å². The number of benzene rings is 1. The second kappa shape index (κ2) is 5.37. The smallest absolute Gasteiger partial charge is 0.339 e. The molecule has 7 nitrogen and oxygen atoms in total. The molecular weight excluding hydrogens is 260 g/mol. The molecule has 0 radical (unpaired) electrons. The number of nitrogens with one attached hydrogen (secondary N) is 1. The third-order valence-corrected chi connectivity index (χ3v) is 3.02. The molecule has 2 N–H and O–H groups in total. The Morgan fingerprint density at radius 1 is 1.56 bits per heavy atom. The standard InChI is InChI=1S/C10H10N2O5S/c1-17-9-6-7(2-3-8(9)10(13)14)12-18(15,16)5-4-11/h2-3,6,12H,5H2,1H3,(H,13,14). The largest absolute Gasteiger partial charge is 0.496 e. The van der Waals surface area contributed by atoms with Crippen LogP contribution in [-0.2, 0) is 10.0 Å². The molecule has 0 unspecified atom stereocenters. The Morgan fingerprint density at radius 3 is 2.72 bits per heavy atom. The highest BCUT2D eigenvalue weighted by Crippen LogP contribution is 2.23. The Morgan fingerprint density at radius 2 is 2.22 bits per heavy atom. The van der Waals surface area contributed by atoms with Gasteiger partial charge in [-0.25, -0.2) is 13.2 Å². The van der Waals surface area contributed by atoms with E-state index in [0.717, 1.165) is 0 Å². The second-order valence-electron chi connectivity index (χ2n) is 3.24. The Hall–Kier alpha value is -2.27. The number of nitrogens with zero attached hydrogens (tertiary/aromatic N) is 1. The van der Waals surface area contributed by atoms with Crippen molar-refractivity contribution in [3.8, 4) is 11.8 Å². The summed E-state index contributed by atoms with van der Waals surface area (Å²) in [4.78, 5) is 10.8. The monoisotopic (exact) mass is 270 g/mol. The van der Waals surface area contributed by atoms with Crippen molar-refractivity contribution in [1.82, 2.24) is 0 Å². The number of anilines is 1. The van der Waals surface area contributed by atoms with E-state index in [-0.39, 0.29) is 17.0 Å². The van der Waals surface area contributed by atoms with Gasteiger partial charge in [0.15, 0.2) is 5.75 Å². The van der Waals surface area contributed by atoms with E-state index < -0.39 is 21.7 Å². The molecule has 0 bridgehead atoms. The predicted molar refractivity (Wildman–Crippen MR) is 63.0 cm³/mol. The van der Waals surface area contributed by atoms with Crippen molar-refractivity contribution in [3.05, 3.63) is 23.8 Å². The minimum atomic E-state index is -3.76. The van der Waals surface area contributed by atoms with Crippen molar-refractivity contribution in [1.29, 1.82) is 5.26 Å². The highest BCUT2D eigenvalue weighted by atomic mass is 32.2. The first-order chi connectivity index (χ1) is 8.39. The van der Waals surface area contributed by atoms with Gasteiger partial charge in [-0.3, -0.25) is 4.72 Å². The summed E-state index contributed by atoms with van der Waals surface area (Å²) in [5, 5.41) is 17.2. The van der Waals surface area contributed by atoms with E-state index >= 15 is 0 Å². The molecule has 0 spiro atoms. The van der Waals surface area contributed by atoms with Gasteiger partial charge in [0, 0.05) is 6.07 Å². The molecule has 18 heavy (non-hydrogen) atoms. The van der Waals surface area contributed by atoms with Crippen molar-refractivity contribution in [2.75, 3.05) is 17.6 Å². The van der Waals surface area contributed by atoms with Gasteiger partial charge in [0.2, 0.25) is 10.0 Å². The van der Waals surface area contributed by atoms with E-state index in [1.54, 1.807) is 0 Å². The van der Waals surface area contributed by atoms with E-state index in [1.165, 1.54) is 31.4 Å². The summed E-state index contributed by atoms with van der Waals surface area (Å²) in [6, 6.07) is 5.24. The van der Waals surface area contributed by atoms with E-state index in [4.69, 9.17) is 15.1 Å². The zero-order valence-electron chi connectivity index (χ0n) is 9.37. The molecule has 1 aromatic rings. The van der Waals surface area contributed by atoms with Crippen LogP contribution in [0.15, 0.2) is 18.2 Å². The van der Waals surface area contributed by atoms with Crippen molar-refractivity contribution in [2.45, 2.75) is 0 Å². The van der Waals surface area contributed by atoms with Crippen LogP contribution < -0.4 is 9.46 Å². The molecule has 0 saturated carbocycles. The Kier molecular flexibility index (Phi) is 4.12. The fraction of sp³-hybridized carbons (Fsp3) is 0.200. The molecule has 0 aliphatic rings. The fourth-order valence-corrected chi connectivity index (χ4v) is 1.96. The summed E-state index contributed by atoms with van der Waals surface area (Å²) in [5.74, 6) is -1.84. The van der Waals surface area contributed by atoms with E-state index in [1.807, 2.05) is 0 Å². The summed E-state index contributed by atoms with van der Waals surface area (Å²) in [6.45, 7) is 0. The van der Waals surface area contributed by atoms with E-state index in [0.29, 0.717) is 0 Å². The molecule has 8 heteroatoms. The van der Waals surface area contributed by atoms with Gasteiger partial charge < -0.3 is 9.84 Å². The van der Waals surface area contributed by atoms with Crippen LogP contribution in [0.2, 0.25) is 0 Å². The summed E-state index contributed by atoms with van der Waals surface area (Å²) >= 11 is 0. The molecule has 0 fully saturated rings. The van der Waals surface area contributed by atoms with Crippen LogP contribution >= 0.6 is 0 Å². The molecule has 0 aromatic heterocycles. The third kappa shape index (κ3) is 3.36. The molecule has 96 valence electrons. The maximum atomic E-state index is 11.3. The third-order valence-electron chi connectivity index (χ3n) is 1.96. The molecule has 1 aromatic carbocycles. The number of ether oxygens (including phenoxy) is 1. The van der Waals surface area contributed by atoms with Crippen LogP contribution in [0.5, 0.6) is 5.75 Å². The molecule has 0 aliphatic carbocycles. The Labute approximate surface area is 104 Å². The first-order valence-electron chi connectivity index (χ1n) is 4.68. The Balaban J connectivity index is 3.08. The van der Waals surface area contributed by atoms with Gasteiger partial charge in [-0.2, -0.15) is 5.26 Å². The van der Waals surface area contributed by atoms with Gasteiger partial charge >= 0.3 is 5.97 Å². The summed E-state index contributed by atoms with van der Waals surface area (Å²) in [6.07, 6.45) is 0. The van der Waals surface area contributed by atoms with Gasteiger partial charge in [0.25, 0.3) is 0 Å². The van der Waals surface area contributed by atoms with Crippen molar-refractivity contribution in [3.63, 3.8) is 0 Å². The number of carbonyl (C=O) groups is 1. The number of hydrogen-bond donors (Lipinski definition) is 2. The van der Waals surface area contributed by atoms with Crippen LogP contribution in [0, 0.1) is 11.3 Å². The molecular formula is C10H10N2O5S. The number of carboxylic acid groups (broad SMARTS) is 1. The lowest BCUT2D eigenvalue weighted by molar-refractivity contribution is 0.0693. The van der Waals surface area contributed by atoms with E-state index in [9.17, 15) is 13.2 Å². The topological polar surface area (TPSA) is 116 Å². The molecule has 0 amide bonds. The lowest BCUT2D eigenvalue weighted by Crippen LogP contribution is -2.15. The normalized spacial score (nSPS) is 10.4. The maximum Gasteiger partial charge on any atom is 0.339 e. The lowest BCUT2D eigenvalue weighted by Gasteiger charge is -2.09. The quantitative estimate of drug-likeness (QED) is 0.811. The van der Waals surface area contributed by atoms with Crippen molar-refractivity contribution in [2.24, 2.45) is 0 Å². The van der Waals surface area contributed by atoms with Crippen LogP contribution in [0.25, 0.3) is 0 Å². The lowest BCUT2D eigenvalue weighted by atomic mass is 10.2. The average molecular weight is 270 g/mol. The maximum absolute atomic E-state index is 11.3. The molecule has 0 heterocycles. The number of rotatable bonds is 5. The number of hydrogen-bond acceptors (Lipinski definition) is 5. The van der Waals surface area contributed by atoms with Crippen molar-refractivity contribution < 1.29 is 23.1 Å². The fourth-order valence-electron chi connectivity index (χ4n) is 1.23. The first-order valence-corrected chi connectivity index (χ1v) is 6.33. The number of nitriles is 1. The average Bonchev–Trinajstić information content (AvgIpc) is 2.27. The SMILES string of the molecule is COc1cc(NS(=O)(=O)CC#N)ccc1C(=O)O. The van der Waals surface area contributed by atoms with Crippen LogP contribution in [0.1, 0.15) is 10.4 Å². The zero-order valence-corrected chi connectivity index (χ0v) is 10.2. The summed E-state index contributed by atoms with van der Waals surface area (Å²) in [7, 11) is -2.48. The van der Waals surface area contributed by atoms with Gasteiger partial charge in [0.05, 0.1) is 18.9 Å². The second-order valence-corrected chi connectivity index (χ2v) is 4.96. The van der Waals surface area contributed by atoms with Gasteiger partial charge in [-0.15, -0.1) is 0 Å². The number of carboxylic acids is 1. The number of sulfonamides is 1. The molecule has 0 atom stereocenters. The van der Waals surface area contributed by atoms with Crippen molar-refractivity contribution >= 4 is 21.7 Å². The van der Waals surface area contributed by atoms with Gasteiger partial charge in [-0.1, -0.05) is 0 Å². The zero-order chi connectivity index (χ0) is 13.8. The number of aromatic carboxylic acids is 1. The first kappa shape index (κ1) is 13.8. The summed E-state index contributed by atoms with van der Waals surface area (Å²) in [5.41, 5.74) is 0.0489. The van der Waals surface area contributed by atoms with Gasteiger partial charge in [0.1, 0.15) is 11.3 Å². The molecule has 1 rings (SSSR count). The Bertz CT molecular complexity index is 603. The minimum Gasteiger partial charge on any atom is -0.496 e. The van der Waals surface area contributed by atoms with Gasteiger partial charge in [-0.05, 0) is 12.1 Å². The highest BCUT2D eigenvalue weighted by molar-refractivity contribution is 7.92. The molecule has 0 saturated heterocycles.